The van der Waals surface area contributed by atoms with E-state index >= 15 is 0 Å². The van der Waals surface area contributed by atoms with E-state index in [9.17, 15) is 0 Å². The summed E-state index contributed by atoms with van der Waals surface area (Å²) in [6.07, 6.45) is 3.06. The van der Waals surface area contributed by atoms with Gasteiger partial charge in [-0.2, -0.15) is 0 Å². The van der Waals surface area contributed by atoms with Gasteiger partial charge in [0.25, 0.3) is 0 Å². The van der Waals surface area contributed by atoms with Crippen LogP contribution in [0, 0.1) is 0 Å². The van der Waals surface area contributed by atoms with Crippen molar-refractivity contribution in [2.24, 2.45) is 0 Å². The number of benzene rings is 1. The molecule has 0 saturated carbocycles. The van der Waals surface area contributed by atoms with Crippen LogP contribution in [0.3, 0.4) is 0 Å². The minimum atomic E-state index is 0.262. The van der Waals surface area contributed by atoms with Gasteiger partial charge in [-0.1, -0.05) is 36.4 Å². The lowest BCUT2D eigenvalue weighted by Gasteiger charge is -2.10. The van der Waals surface area contributed by atoms with Gasteiger partial charge in [0.05, 0.1) is 12.7 Å². The summed E-state index contributed by atoms with van der Waals surface area (Å²) >= 11 is 0. The smallest absolute Gasteiger partial charge is 0.0720 e. The summed E-state index contributed by atoms with van der Waals surface area (Å²) in [5, 5.41) is 0. The zero-order valence-electron chi connectivity index (χ0n) is 8.07. The molecule has 70 valence electrons. The molecule has 0 bridgehead atoms. The average molecular weight is 176 g/mol. The lowest BCUT2D eigenvalue weighted by Crippen LogP contribution is -2.06. The molecule has 0 aliphatic carbocycles. The van der Waals surface area contributed by atoms with Crippen LogP contribution in [-0.2, 0) is 11.3 Å². The van der Waals surface area contributed by atoms with Gasteiger partial charge < -0.3 is 4.74 Å². The van der Waals surface area contributed by atoms with Crippen LogP contribution in [0.4, 0.5) is 0 Å². The molecule has 13 heavy (non-hydrogen) atoms. The Labute approximate surface area is 80.0 Å². The molecule has 0 radical (unpaired) electrons. The standard InChI is InChI=1S/C12H16O/c1-3-7-11(2)13-10-12-8-5-4-6-9-12/h3-6,8-9,11H,1,7,10H2,2H3/t11-/m1/s1. The quantitative estimate of drug-likeness (QED) is 0.626. The van der Waals surface area contributed by atoms with Crippen molar-refractivity contribution in [3.8, 4) is 0 Å². The highest BCUT2D eigenvalue weighted by atomic mass is 16.5. The van der Waals surface area contributed by atoms with Crippen LogP contribution in [0.1, 0.15) is 18.9 Å². The van der Waals surface area contributed by atoms with E-state index in [2.05, 4.69) is 25.6 Å². The third kappa shape index (κ3) is 3.90. The Morgan fingerprint density at radius 2 is 2.08 bits per heavy atom. The fraction of sp³-hybridized carbons (Fsp3) is 0.333. The van der Waals surface area contributed by atoms with E-state index in [1.54, 1.807) is 0 Å². The molecule has 1 aromatic rings. The van der Waals surface area contributed by atoms with Crippen molar-refractivity contribution < 1.29 is 4.74 Å². The molecule has 0 aliphatic rings. The molecule has 0 heterocycles. The second-order valence-electron chi connectivity index (χ2n) is 3.13. The predicted molar refractivity (Wildman–Crippen MR) is 55.5 cm³/mol. The third-order valence-corrected chi connectivity index (χ3v) is 1.88. The van der Waals surface area contributed by atoms with Gasteiger partial charge in [0.15, 0.2) is 0 Å². The van der Waals surface area contributed by atoms with Gasteiger partial charge in [-0.15, -0.1) is 6.58 Å². The Hall–Kier alpha value is -1.08. The Morgan fingerprint density at radius 3 is 2.69 bits per heavy atom. The maximum atomic E-state index is 5.60. The topological polar surface area (TPSA) is 9.23 Å². The molecule has 0 saturated heterocycles. The van der Waals surface area contributed by atoms with Crippen molar-refractivity contribution in [3.05, 3.63) is 48.6 Å². The van der Waals surface area contributed by atoms with Crippen molar-refractivity contribution >= 4 is 0 Å². The molecule has 0 aromatic heterocycles. The summed E-state index contributed by atoms with van der Waals surface area (Å²) in [5.41, 5.74) is 1.22. The Bertz CT molecular complexity index is 241. The molecule has 0 amide bonds. The Kier molecular flexibility index (Phi) is 4.27. The zero-order chi connectivity index (χ0) is 9.52. The maximum Gasteiger partial charge on any atom is 0.0720 e. The molecule has 0 fully saturated rings. The van der Waals surface area contributed by atoms with Crippen LogP contribution in [-0.4, -0.2) is 6.10 Å². The van der Waals surface area contributed by atoms with Gasteiger partial charge in [0, 0.05) is 0 Å². The number of hydrogen-bond donors (Lipinski definition) is 0. The van der Waals surface area contributed by atoms with E-state index in [0.717, 1.165) is 6.42 Å². The first-order valence-corrected chi connectivity index (χ1v) is 4.59. The van der Waals surface area contributed by atoms with Crippen molar-refractivity contribution in [2.75, 3.05) is 0 Å². The van der Waals surface area contributed by atoms with Crippen LogP contribution < -0.4 is 0 Å². The summed E-state index contributed by atoms with van der Waals surface area (Å²) in [5.74, 6) is 0. The molecule has 1 heteroatoms. The minimum Gasteiger partial charge on any atom is -0.374 e. The molecular weight excluding hydrogens is 160 g/mol. The summed E-state index contributed by atoms with van der Waals surface area (Å²) < 4.78 is 5.60. The first kappa shape index (κ1) is 10.0. The lowest BCUT2D eigenvalue weighted by molar-refractivity contribution is 0.0553. The normalized spacial score (nSPS) is 12.4. The molecule has 0 unspecified atom stereocenters. The van der Waals surface area contributed by atoms with Crippen molar-refractivity contribution in [2.45, 2.75) is 26.1 Å². The van der Waals surface area contributed by atoms with Crippen LogP contribution in [0.2, 0.25) is 0 Å². The zero-order valence-corrected chi connectivity index (χ0v) is 8.07. The summed E-state index contributed by atoms with van der Waals surface area (Å²) in [6, 6.07) is 10.2. The molecule has 1 nitrogen and oxygen atoms in total. The molecule has 1 aromatic carbocycles. The van der Waals surface area contributed by atoms with Gasteiger partial charge in [0.1, 0.15) is 0 Å². The van der Waals surface area contributed by atoms with E-state index in [-0.39, 0.29) is 6.10 Å². The molecule has 0 N–H and O–H groups in total. The lowest BCUT2D eigenvalue weighted by atomic mass is 10.2. The van der Waals surface area contributed by atoms with E-state index in [0.29, 0.717) is 6.61 Å². The molecule has 1 rings (SSSR count). The van der Waals surface area contributed by atoms with E-state index in [1.165, 1.54) is 5.56 Å². The summed E-state index contributed by atoms with van der Waals surface area (Å²) in [6.45, 7) is 6.43. The first-order valence-electron chi connectivity index (χ1n) is 4.59. The van der Waals surface area contributed by atoms with Gasteiger partial charge >= 0.3 is 0 Å². The SMILES string of the molecule is C=CC[C@@H](C)OCc1ccccc1. The van der Waals surface area contributed by atoms with E-state index in [4.69, 9.17) is 4.74 Å². The largest absolute Gasteiger partial charge is 0.374 e. The van der Waals surface area contributed by atoms with Crippen molar-refractivity contribution in [3.63, 3.8) is 0 Å². The fourth-order valence-corrected chi connectivity index (χ4v) is 1.12. The molecule has 0 aliphatic heterocycles. The average Bonchev–Trinajstić information content (AvgIpc) is 2.17. The Balaban J connectivity index is 2.30. The molecule has 1 atom stereocenters. The maximum absolute atomic E-state index is 5.60. The number of ether oxygens (including phenoxy) is 1. The van der Waals surface area contributed by atoms with Gasteiger partial charge in [-0.25, -0.2) is 0 Å². The monoisotopic (exact) mass is 176 g/mol. The summed E-state index contributed by atoms with van der Waals surface area (Å²) in [7, 11) is 0. The van der Waals surface area contributed by atoms with Crippen LogP contribution in [0.25, 0.3) is 0 Å². The number of rotatable bonds is 5. The van der Waals surface area contributed by atoms with E-state index in [1.807, 2.05) is 24.3 Å². The first-order chi connectivity index (χ1) is 6.33. The van der Waals surface area contributed by atoms with Crippen LogP contribution in [0.15, 0.2) is 43.0 Å². The second-order valence-corrected chi connectivity index (χ2v) is 3.13. The summed E-state index contributed by atoms with van der Waals surface area (Å²) in [4.78, 5) is 0. The third-order valence-electron chi connectivity index (χ3n) is 1.88. The molecular formula is C12H16O. The fourth-order valence-electron chi connectivity index (χ4n) is 1.12. The highest BCUT2D eigenvalue weighted by molar-refractivity contribution is 5.13. The van der Waals surface area contributed by atoms with Crippen molar-refractivity contribution in [1.29, 1.82) is 0 Å². The van der Waals surface area contributed by atoms with Gasteiger partial charge in [-0.05, 0) is 18.9 Å². The Morgan fingerprint density at radius 1 is 1.38 bits per heavy atom. The van der Waals surface area contributed by atoms with Gasteiger partial charge in [0.2, 0.25) is 0 Å². The van der Waals surface area contributed by atoms with Gasteiger partial charge in [-0.3, -0.25) is 0 Å². The van der Waals surface area contributed by atoms with Crippen LogP contribution >= 0.6 is 0 Å². The highest BCUT2D eigenvalue weighted by Gasteiger charge is 1.98. The number of hydrogen-bond acceptors (Lipinski definition) is 1. The minimum absolute atomic E-state index is 0.262. The van der Waals surface area contributed by atoms with E-state index < -0.39 is 0 Å². The predicted octanol–water partition coefficient (Wildman–Crippen LogP) is 3.17. The highest BCUT2D eigenvalue weighted by Crippen LogP contribution is 2.05. The second kappa shape index (κ2) is 5.55. The molecule has 0 spiro atoms. The van der Waals surface area contributed by atoms with Crippen LogP contribution in [0.5, 0.6) is 0 Å². The van der Waals surface area contributed by atoms with Crippen molar-refractivity contribution in [1.82, 2.24) is 0 Å².